The van der Waals surface area contributed by atoms with Crippen LogP contribution in [0.1, 0.15) is 98.8 Å². The lowest BCUT2D eigenvalue weighted by Gasteiger charge is -2.67. The maximum atomic E-state index is 13.1. The molecule has 0 radical (unpaired) electrons. The SMILES string of the molecule is COC(=O)C12CCC(C)CC1C1=CCC3C(C)(CCC4C(C)(C)C(O)CCC43C)C1CC2. The van der Waals surface area contributed by atoms with Gasteiger partial charge in [0.2, 0.25) is 0 Å². The molecule has 9 unspecified atom stereocenters. The number of methoxy groups -OCH3 is 1. The van der Waals surface area contributed by atoms with Gasteiger partial charge >= 0.3 is 5.97 Å². The summed E-state index contributed by atoms with van der Waals surface area (Å²) in [6.07, 6.45) is 13.7. The van der Waals surface area contributed by atoms with Gasteiger partial charge in [-0.05, 0) is 110 Å². The Kier molecular flexibility index (Phi) is 5.26. The molecule has 0 aliphatic heterocycles. The molecule has 180 valence electrons. The first-order valence-corrected chi connectivity index (χ1v) is 13.5. The van der Waals surface area contributed by atoms with Crippen LogP contribution in [0, 0.1) is 51.2 Å². The number of aliphatic hydroxyl groups is 1. The van der Waals surface area contributed by atoms with Gasteiger partial charge in [0.25, 0.3) is 0 Å². The second kappa shape index (κ2) is 7.33. The van der Waals surface area contributed by atoms with E-state index < -0.39 is 0 Å². The Morgan fingerprint density at radius 3 is 2.34 bits per heavy atom. The molecule has 4 fully saturated rings. The van der Waals surface area contributed by atoms with Gasteiger partial charge in [0, 0.05) is 0 Å². The Labute approximate surface area is 195 Å². The minimum Gasteiger partial charge on any atom is -0.469 e. The predicted octanol–water partition coefficient (Wildman–Crippen LogP) is 6.54. The maximum Gasteiger partial charge on any atom is 0.312 e. The number of hydrogen-bond acceptors (Lipinski definition) is 3. The number of esters is 1. The normalized spacial score (nSPS) is 51.9. The Hall–Kier alpha value is -0.830. The van der Waals surface area contributed by atoms with Gasteiger partial charge in [0.05, 0.1) is 18.6 Å². The largest absolute Gasteiger partial charge is 0.469 e. The fraction of sp³-hybridized carbons (Fsp3) is 0.897. The minimum absolute atomic E-state index is 0.00370. The molecule has 5 aliphatic carbocycles. The van der Waals surface area contributed by atoms with E-state index in [9.17, 15) is 9.90 Å². The van der Waals surface area contributed by atoms with Crippen molar-refractivity contribution in [1.82, 2.24) is 0 Å². The lowest BCUT2D eigenvalue weighted by Crippen LogP contribution is -2.62. The van der Waals surface area contributed by atoms with Crippen molar-refractivity contribution in [2.24, 2.45) is 51.2 Å². The lowest BCUT2D eigenvalue weighted by molar-refractivity contribution is -0.188. The van der Waals surface area contributed by atoms with E-state index in [1.165, 1.54) is 12.8 Å². The highest BCUT2D eigenvalue weighted by Gasteiger charge is 2.65. The third kappa shape index (κ3) is 2.85. The number of hydrogen-bond donors (Lipinski definition) is 1. The zero-order valence-corrected chi connectivity index (χ0v) is 21.4. The molecule has 4 saturated carbocycles. The predicted molar refractivity (Wildman–Crippen MR) is 128 cm³/mol. The molecule has 0 amide bonds. The zero-order valence-electron chi connectivity index (χ0n) is 21.4. The van der Waals surface area contributed by atoms with E-state index in [1.807, 2.05) is 0 Å². The second-order valence-electron chi connectivity index (χ2n) is 13.6. The number of rotatable bonds is 1. The van der Waals surface area contributed by atoms with Crippen LogP contribution in [0.25, 0.3) is 0 Å². The average molecular weight is 443 g/mol. The average Bonchev–Trinajstić information content (AvgIpc) is 2.75. The highest BCUT2D eigenvalue weighted by Crippen LogP contribution is 2.71. The number of aliphatic hydroxyl groups excluding tert-OH is 1. The summed E-state index contributed by atoms with van der Waals surface area (Å²) in [6.45, 7) is 12.2. The molecule has 0 bridgehead atoms. The Balaban J connectivity index is 1.54. The first-order valence-electron chi connectivity index (χ1n) is 13.5. The van der Waals surface area contributed by atoms with Crippen molar-refractivity contribution in [2.45, 2.75) is 105 Å². The summed E-state index contributed by atoms with van der Waals surface area (Å²) in [4.78, 5) is 13.1. The Bertz CT molecular complexity index is 813. The van der Waals surface area contributed by atoms with Gasteiger partial charge in [-0.2, -0.15) is 0 Å². The van der Waals surface area contributed by atoms with Crippen LogP contribution < -0.4 is 0 Å². The molecule has 5 aliphatic rings. The van der Waals surface area contributed by atoms with Crippen LogP contribution >= 0.6 is 0 Å². The third-order valence-corrected chi connectivity index (χ3v) is 12.1. The molecule has 0 spiro atoms. The molecule has 3 nitrogen and oxygen atoms in total. The molecule has 0 aromatic rings. The van der Waals surface area contributed by atoms with E-state index in [0.717, 1.165) is 51.4 Å². The van der Waals surface area contributed by atoms with E-state index in [-0.39, 0.29) is 22.9 Å². The minimum atomic E-state index is -0.273. The highest BCUT2D eigenvalue weighted by molar-refractivity contribution is 5.78. The molecule has 9 atom stereocenters. The van der Waals surface area contributed by atoms with Crippen molar-refractivity contribution in [2.75, 3.05) is 7.11 Å². The maximum absolute atomic E-state index is 13.1. The van der Waals surface area contributed by atoms with Crippen molar-refractivity contribution < 1.29 is 14.6 Å². The standard InChI is InChI=1S/C29H46O3/c1-18-9-15-29(25(31)32-6)16-10-20-19(21(29)17-18)7-8-23-27(20,4)13-11-22-26(2,3)24(30)12-14-28(22,23)5/h7,18,20-24,30H,8-17H2,1-6H3. The summed E-state index contributed by atoms with van der Waals surface area (Å²) < 4.78 is 5.43. The van der Waals surface area contributed by atoms with Crippen LogP contribution in [0.5, 0.6) is 0 Å². The van der Waals surface area contributed by atoms with Gasteiger partial charge < -0.3 is 9.84 Å². The van der Waals surface area contributed by atoms with Crippen molar-refractivity contribution in [1.29, 1.82) is 0 Å². The fourth-order valence-electron chi connectivity index (χ4n) is 10.3. The van der Waals surface area contributed by atoms with Crippen LogP contribution in [-0.2, 0) is 9.53 Å². The fourth-order valence-corrected chi connectivity index (χ4v) is 10.3. The lowest BCUT2D eigenvalue weighted by atomic mass is 9.37. The summed E-state index contributed by atoms with van der Waals surface area (Å²) in [5, 5.41) is 10.8. The molecular formula is C29H46O3. The van der Waals surface area contributed by atoms with Gasteiger partial charge in [-0.1, -0.05) is 46.3 Å². The van der Waals surface area contributed by atoms with Gasteiger partial charge in [0.15, 0.2) is 0 Å². The molecule has 0 heterocycles. The Morgan fingerprint density at radius 2 is 1.62 bits per heavy atom. The summed E-state index contributed by atoms with van der Waals surface area (Å²) in [5.41, 5.74) is 1.98. The second-order valence-corrected chi connectivity index (χ2v) is 13.6. The molecular weight excluding hydrogens is 396 g/mol. The van der Waals surface area contributed by atoms with E-state index in [1.54, 1.807) is 12.7 Å². The number of carbonyl (C=O) groups excluding carboxylic acids is 1. The number of allylic oxidation sites excluding steroid dienone is 2. The van der Waals surface area contributed by atoms with Gasteiger partial charge in [-0.15, -0.1) is 0 Å². The number of ether oxygens (including phenoxy) is 1. The van der Waals surface area contributed by atoms with Crippen LogP contribution in [0.4, 0.5) is 0 Å². The van der Waals surface area contributed by atoms with Crippen LogP contribution in [0.3, 0.4) is 0 Å². The first kappa shape index (κ1) is 22.9. The van der Waals surface area contributed by atoms with Crippen molar-refractivity contribution in [3.8, 4) is 0 Å². The van der Waals surface area contributed by atoms with Crippen molar-refractivity contribution in [3.63, 3.8) is 0 Å². The van der Waals surface area contributed by atoms with Gasteiger partial charge in [-0.3, -0.25) is 4.79 Å². The van der Waals surface area contributed by atoms with Crippen molar-refractivity contribution in [3.05, 3.63) is 11.6 Å². The molecule has 0 aromatic heterocycles. The molecule has 0 saturated heterocycles. The number of carbonyl (C=O) groups is 1. The van der Waals surface area contributed by atoms with Crippen LogP contribution in [-0.4, -0.2) is 24.3 Å². The number of fused-ring (bicyclic) bond motifs is 7. The van der Waals surface area contributed by atoms with Gasteiger partial charge in [-0.25, -0.2) is 0 Å². The van der Waals surface area contributed by atoms with E-state index in [4.69, 9.17) is 4.74 Å². The monoisotopic (exact) mass is 442 g/mol. The molecule has 5 rings (SSSR count). The highest BCUT2D eigenvalue weighted by atomic mass is 16.5. The summed E-state index contributed by atoms with van der Waals surface area (Å²) in [7, 11) is 1.59. The quantitative estimate of drug-likeness (QED) is 0.370. The summed E-state index contributed by atoms with van der Waals surface area (Å²) >= 11 is 0. The Morgan fingerprint density at radius 1 is 0.938 bits per heavy atom. The third-order valence-electron chi connectivity index (χ3n) is 12.1. The van der Waals surface area contributed by atoms with E-state index >= 15 is 0 Å². The summed E-state index contributed by atoms with van der Waals surface area (Å²) in [5.74, 6) is 3.02. The zero-order chi connectivity index (χ0) is 23.1. The molecule has 3 heteroatoms. The molecule has 32 heavy (non-hydrogen) atoms. The van der Waals surface area contributed by atoms with E-state index in [0.29, 0.717) is 40.4 Å². The van der Waals surface area contributed by atoms with Crippen LogP contribution in [0.2, 0.25) is 0 Å². The summed E-state index contributed by atoms with van der Waals surface area (Å²) in [6, 6.07) is 0. The topological polar surface area (TPSA) is 46.5 Å². The van der Waals surface area contributed by atoms with Crippen molar-refractivity contribution >= 4 is 5.97 Å². The first-order chi connectivity index (χ1) is 15.0. The van der Waals surface area contributed by atoms with E-state index in [2.05, 4.69) is 40.7 Å². The smallest absolute Gasteiger partial charge is 0.312 e. The molecule has 0 aromatic carbocycles. The molecule has 1 N–H and O–H groups in total. The van der Waals surface area contributed by atoms with Gasteiger partial charge in [0.1, 0.15) is 0 Å². The van der Waals surface area contributed by atoms with Crippen LogP contribution in [0.15, 0.2) is 11.6 Å².